The van der Waals surface area contributed by atoms with Crippen molar-refractivity contribution in [1.29, 1.82) is 0 Å². The van der Waals surface area contributed by atoms with Crippen LogP contribution in [0, 0.1) is 19.8 Å². The molecule has 3 aromatic rings. The second-order valence-corrected chi connectivity index (χ2v) is 11.0. The smallest absolute Gasteiger partial charge is 0.419 e. The van der Waals surface area contributed by atoms with E-state index in [4.69, 9.17) is 4.74 Å². The second-order valence-electron chi connectivity index (χ2n) is 9.93. The van der Waals surface area contributed by atoms with Gasteiger partial charge in [0.25, 0.3) is 5.91 Å². The topological polar surface area (TPSA) is 93.2 Å². The molecule has 0 saturated heterocycles. The molecular weight excluding hydrogens is 529 g/mol. The highest BCUT2D eigenvalue weighted by Crippen LogP contribution is 2.47. The Bertz CT molecular complexity index is 1390. The highest BCUT2D eigenvalue weighted by Gasteiger charge is 2.45. The number of ether oxygens (including phenoxy) is 1. The number of carbonyl (C=O) groups is 2. The summed E-state index contributed by atoms with van der Waals surface area (Å²) in [5.74, 6) is -2.91. The van der Waals surface area contributed by atoms with E-state index in [9.17, 15) is 22.8 Å². The fraction of sp³-hybridized carbons (Fsp3) is 0.357. The summed E-state index contributed by atoms with van der Waals surface area (Å²) < 4.78 is 44.2. The largest absolute Gasteiger partial charge is 0.491 e. The van der Waals surface area contributed by atoms with Crippen molar-refractivity contribution >= 4 is 29.3 Å². The molecule has 2 aromatic carbocycles. The molecule has 2 N–H and O–H groups in total. The predicted octanol–water partition coefficient (Wildman–Crippen LogP) is 5.82. The van der Waals surface area contributed by atoms with Crippen molar-refractivity contribution in [2.24, 2.45) is 5.92 Å². The van der Waals surface area contributed by atoms with E-state index in [-0.39, 0.29) is 23.3 Å². The van der Waals surface area contributed by atoms with Gasteiger partial charge in [-0.15, -0.1) is 0 Å². The third kappa shape index (κ3) is 6.96. The molecule has 0 spiro atoms. The van der Waals surface area contributed by atoms with Gasteiger partial charge in [-0.05, 0) is 87.7 Å². The molecule has 2 aliphatic carbocycles. The molecular formula is C28H27F3N4O3S. The van der Waals surface area contributed by atoms with E-state index < -0.39 is 18.1 Å². The number of aryl methyl sites for hydroxylation is 2. The summed E-state index contributed by atoms with van der Waals surface area (Å²) >= 11 is 1.32. The van der Waals surface area contributed by atoms with Gasteiger partial charge in [0, 0.05) is 39.5 Å². The summed E-state index contributed by atoms with van der Waals surface area (Å²) in [5.41, 5.74) is 2.34. The average molecular weight is 557 g/mol. The molecule has 204 valence electrons. The van der Waals surface area contributed by atoms with E-state index in [1.807, 2.05) is 26.0 Å². The molecule has 7 nitrogen and oxygen atoms in total. The Morgan fingerprint density at radius 1 is 1.05 bits per heavy atom. The van der Waals surface area contributed by atoms with Gasteiger partial charge in [0.2, 0.25) is 0 Å². The van der Waals surface area contributed by atoms with Crippen molar-refractivity contribution in [3.05, 3.63) is 71.0 Å². The maximum atomic E-state index is 13.3. The van der Waals surface area contributed by atoms with Crippen molar-refractivity contribution in [3.63, 3.8) is 0 Å². The Morgan fingerprint density at radius 2 is 1.77 bits per heavy atom. The zero-order valence-electron chi connectivity index (χ0n) is 21.3. The summed E-state index contributed by atoms with van der Waals surface area (Å²) in [6, 6.07) is 13.4. The van der Waals surface area contributed by atoms with Crippen LogP contribution in [0.1, 0.15) is 52.5 Å². The van der Waals surface area contributed by atoms with Crippen molar-refractivity contribution in [2.75, 3.05) is 11.9 Å². The quantitative estimate of drug-likeness (QED) is 0.195. The Labute approximate surface area is 228 Å². The third-order valence-electron chi connectivity index (χ3n) is 6.53. The molecule has 1 aromatic heterocycles. The first-order chi connectivity index (χ1) is 18.6. The lowest BCUT2D eigenvalue weighted by molar-refractivity contribution is -0.189. The Balaban J connectivity index is 1.37. The minimum atomic E-state index is -5.20. The number of nitrogens with one attached hydrogen (secondary N) is 2. The van der Waals surface area contributed by atoms with Gasteiger partial charge in [0.15, 0.2) is 5.16 Å². The molecule has 2 atom stereocenters. The number of benzene rings is 2. The lowest BCUT2D eigenvalue weighted by atomic mass is 10.0. The van der Waals surface area contributed by atoms with E-state index in [2.05, 4.69) is 20.6 Å². The van der Waals surface area contributed by atoms with E-state index in [1.54, 1.807) is 30.3 Å². The molecule has 2 unspecified atom stereocenters. The summed E-state index contributed by atoms with van der Waals surface area (Å²) in [6.45, 7) is 4.60. The van der Waals surface area contributed by atoms with E-state index >= 15 is 0 Å². The number of para-hydroxylation sites is 1. The van der Waals surface area contributed by atoms with Crippen LogP contribution >= 0.6 is 11.8 Å². The van der Waals surface area contributed by atoms with Crippen LogP contribution in [0.15, 0.2) is 58.6 Å². The molecule has 0 radical (unpaired) electrons. The summed E-state index contributed by atoms with van der Waals surface area (Å²) in [5, 5.41) is 6.70. The zero-order chi connectivity index (χ0) is 27.7. The summed E-state index contributed by atoms with van der Waals surface area (Å²) in [6.07, 6.45) is -2.17. The average Bonchev–Trinajstić information content (AvgIpc) is 3.77. The number of anilines is 1. The van der Waals surface area contributed by atoms with Crippen LogP contribution in [0.25, 0.3) is 0 Å². The number of hydrogen-bond acceptors (Lipinski definition) is 7. The van der Waals surface area contributed by atoms with Crippen LogP contribution in [0.4, 0.5) is 18.9 Å². The van der Waals surface area contributed by atoms with Crippen molar-refractivity contribution in [2.45, 2.75) is 61.3 Å². The van der Waals surface area contributed by atoms with E-state index in [0.29, 0.717) is 28.7 Å². The molecule has 11 heteroatoms. The number of rotatable bonds is 9. The first kappa shape index (κ1) is 27.1. The maximum Gasteiger partial charge on any atom is 0.491 e. The molecule has 0 bridgehead atoms. The minimum Gasteiger partial charge on any atom is -0.419 e. The molecule has 39 heavy (non-hydrogen) atoms. The number of aromatic nitrogens is 2. The van der Waals surface area contributed by atoms with Gasteiger partial charge in [-0.25, -0.2) is 14.8 Å². The third-order valence-corrected chi connectivity index (χ3v) is 7.39. The fourth-order valence-corrected chi connectivity index (χ4v) is 5.30. The number of esters is 1. The Kier molecular flexibility index (Phi) is 7.64. The van der Waals surface area contributed by atoms with Crippen molar-refractivity contribution in [1.82, 2.24) is 15.3 Å². The lowest BCUT2D eigenvalue weighted by Gasteiger charge is -2.16. The van der Waals surface area contributed by atoms with Gasteiger partial charge in [-0.3, -0.25) is 4.79 Å². The van der Waals surface area contributed by atoms with Gasteiger partial charge < -0.3 is 15.4 Å². The predicted molar refractivity (Wildman–Crippen MR) is 140 cm³/mol. The fourth-order valence-electron chi connectivity index (χ4n) is 4.37. The monoisotopic (exact) mass is 556 g/mol. The number of alkyl halides is 3. The number of nitrogens with zero attached hydrogens (tertiary/aromatic N) is 2. The standard InChI is InChI=1S/C28H27F3N4O3S/c1-15-11-16(2)34-27(33-15)39-19-6-3-5-18(12-19)35-25(36)21-8-4-7-20(24(21)38-26(37)28(29,30)31)22-13-23(22)32-14-17-9-10-17/h3-8,11-12,17,22-23,32H,9-10,13-14H2,1-2H3,(H,35,36). The van der Waals surface area contributed by atoms with Crippen LogP contribution in [-0.4, -0.2) is 40.6 Å². The highest BCUT2D eigenvalue weighted by atomic mass is 32.2. The van der Waals surface area contributed by atoms with Crippen molar-refractivity contribution in [3.8, 4) is 5.75 Å². The minimum absolute atomic E-state index is 0.0634. The second kappa shape index (κ2) is 11.0. The molecule has 2 aliphatic rings. The van der Waals surface area contributed by atoms with Gasteiger partial charge >= 0.3 is 12.1 Å². The van der Waals surface area contributed by atoms with Gasteiger partial charge in [-0.1, -0.05) is 18.2 Å². The first-order valence-corrected chi connectivity index (χ1v) is 13.5. The van der Waals surface area contributed by atoms with Crippen LogP contribution in [-0.2, 0) is 4.79 Å². The molecule has 0 aliphatic heterocycles. The lowest BCUT2D eigenvalue weighted by Crippen LogP contribution is -2.29. The van der Waals surface area contributed by atoms with E-state index in [1.165, 1.54) is 30.7 Å². The molecule has 2 saturated carbocycles. The Hall–Kier alpha value is -3.44. The van der Waals surface area contributed by atoms with Crippen LogP contribution in [0.5, 0.6) is 5.75 Å². The molecule has 1 heterocycles. The Morgan fingerprint density at radius 3 is 2.46 bits per heavy atom. The molecule has 2 fully saturated rings. The van der Waals surface area contributed by atoms with Crippen LogP contribution < -0.4 is 15.4 Å². The van der Waals surface area contributed by atoms with Crippen molar-refractivity contribution < 1.29 is 27.5 Å². The maximum absolute atomic E-state index is 13.3. The molecule has 5 rings (SSSR count). The normalized spacial score (nSPS) is 18.5. The summed E-state index contributed by atoms with van der Waals surface area (Å²) in [7, 11) is 0. The number of halogens is 3. The SMILES string of the molecule is Cc1cc(C)nc(Sc2cccc(NC(=O)c3cccc(C4CC4NCC4CC4)c3OC(=O)C(F)(F)F)c2)n1. The van der Waals surface area contributed by atoms with E-state index in [0.717, 1.165) is 22.8 Å². The number of hydrogen-bond donors (Lipinski definition) is 2. The van der Waals surface area contributed by atoms with Gasteiger partial charge in [0.1, 0.15) is 5.75 Å². The summed E-state index contributed by atoms with van der Waals surface area (Å²) in [4.78, 5) is 34.7. The van der Waals surface area contributed by atoms with Gasteiger partial charge in [0.05, 0.1) is 5.56 Å². The zero-order valence-corrected chi connectivity index (χ0v) is 22.2. The number of amides is 1. The first-order valence-electron chi connectivity index (χ1n) is 12.6. The highest BCUT2D eigenvalue weighted by molar-refractivity contribution is 7.99. The number of carbonyl (C=O) groups excluding carboxylic acids is 2. The van der Waals surface area contributed by atoms with Gasteiger partial charge in [-0.2, -0.15) is 13.2 Å². The van der Waals surface area contributed by atoms with Crippen LogP contribution in [0.3, 0.4) is 0 Å². The molecule has 1 amide bonds. The van der Waals surface area contributed by atoms with Crippen LogP contribution in [0.2, 0.25) is 0 Å².